The molecule has 0 heterocycles. The van der Waals surface area contributed by atoms with Crippen LogP contribution in [0.25, 0.3) is 0 Å². The van der Waals surface area contributed by atoms with Gasteiger partial charge in [0.1, 0.15) is 19.3 Å². The molecule has 3 N–H and O–H groups in total. The summed E-state index contributed by atoms with van der Waals surface area (Å²) in [5.74, 6) is -0.624. The molecule has 0 saturated carbocycles. The summed E-state index contributed by atoms with van der Waals surface area (Å²) in [7, 11) is -9.93. The van der Waals surface area contributed by atoms with Gasteiger partial charge >= 0.3 is 39.5 Å². The Morgan fingerprint density at radius 2 is 0.434 bits per heavy atom. The van der Waals surface area contributed by atoms with Gasteiger partial charge in [0, 0.05) is 25.7 Å². The molecule has 17 nitrogen and oxygen atoms in total. The van der Waals surface area contributed by atoms with Gasteiger partial charge in [-0.25, -0.2) is 9.13 Å². The molecule has 630 valence electrons. The normalized spacial score (nSPS) is 13.8. The second kappa shape index (κ2) is 78.3. The summed E-state index contributed by atoms with van der Waals surface area (Å²) in [6.07, 6.45) is 71.1. The Morgan fingerprint density at radius 3 is 0.642 bits per heavy atom. The van der Waals surface area contributed by atoms with Crippen molar-refractivity contribution in [1.29, 1.82) is 0 Å². The van der Waals surface area contributed by atoms with Crippen molar-refractivity contribution in [2.75, 3.05) is 39.6 Å². The number of hydrogen-bond acceptors (Lipinski definition) is 15. The summed E-state index contributed by atoms with van der Waals surface area (Å²) in [6, 6.07) is 0. The third-order valence-corrected chi connectivity index (χ3v) is 22.4. The Bertz CT molecular complexity index is 2030. The third kappa shape index (κ3) is 80.1. The van der Waals surface area contributed by atoms with Crippen molar-refractivity contribution in [3.05, 3.63) is 0 Å². The van der Waals surface area contributed by atoms with Crippen LogP contribution in [0.2, 0.25) is 0 Å². The molecule has 0 amide bonds. The van der Waals surface area contributed by atoms with Crippen LogP contribution in [-0.4, -0.2) is 96.7 Å². The topological polar surface area (TPSA) is 237 Å². The fourth-order valence-corrected chi connectivity index (χ4v) is 15.2. The van der Waals surface area contributed by atoms with E-state index in [4.69, 9.17) is 37.0 Å². The summed E-state index contributed by atoms with van der Waals surface area (Å²) in [6.45, 7) is 9.62. The van der Waals surface area contributed by atoms with Gasteiger partial charge in [0.25, 0.3) is 0 Å². The first kappa shape index (κ1) is 104. The van der Waals surface area contributed by atoms with Crippen molar-refractivity contribution in [3.8, 4) is 0 Å². The number of aliphatic hydroxyl groups excluding tert-OH is 1. The monoisotopic (exact) mass is 1550 g/mol. The molecule has 0 aliphatic carbocycles. The summed E-state index contributed by atoms with van der Waals surface area (Å²) >= 11 is 0. The van der Waals surface area contributed by atoms with Crippen molar-refractivity contribution in [1.82, 2.24) is 0 Å². The summed E-state index contributed by atoms with van der Waals surface area (Å²) in [5, 5.41) is 10.7. The second-order valence-electron chi connectivity index (χ2n) is 32.2. The predicted molar refractivity (Wildman–Crippen MR) is 437 cm³/mol. The zero-order valence-electron chi connectivity index (χ0n) is 69.7. The van der Waals surface area contributed by atoms with Gasteiger partial charge in [-0.1, -0.05) is 414 Å². The smallest absolute Gasteiger partial charge is 0.462 e. The molecule has 0 bridgehead atoms. The van der Waals surface area contributed by atoms with Crippen molar-refractivity contribution >= 4 is 39.5 Å². The Morgan fingerprint density at radius 1 is 0.255 bits per heavy atom. The Kier molecular flexibility index (Phi) is 76.9. The summed E-state index contributed by atoms with van der Waals surface area (Å²) < 4.78 is 68.9. The molecule has 0 spiro atoms. The number of phosphoric acid groups is 2. The van der Waals surface area contributed by atoms with Gasteiger partial charge < -0.3 is 33.8 Å². The molecule has 0 rings (SSSR count). The van der Waals surface area contributed by atoms with Crippen LogP contribution in [0.3, 0.4) is 0 Å². The van der Waals surface area contributed by atoms with Crippen LogP contribution in [-0.2, 0) is 65.4 Å². The van der Waals surface area contributed by atoms with Gasteiger partial charge in [-0.3, -0.25) is 37.3 Å². The zero-order valence-corrected chi connectivity index (χ0v) is 71.5. The van der Waals surface area contributed by atoms with E-state index in [2.05, 4.69) is 41.5 Å². The Balaban J connectivity index is 5.21. The number of unbranched alkanes of at least 4 members (excludes halogenated alkanes) is 56. The van der Waals surface area contributed by atoms with Gasteiger partial charge in [-0.2, -0.15) is 0 Å². The van der Waals surface area contributed by atoms with Crippen LogP contribution in [0.15, 0.2) is 0 Å². The average Bonchev–Trinajstić information content (AvgIpc) is 0.907. The number of carbonyl (C=O) groups excluding carboxylic acids is 4. The van der Waals surface area contributed by atoms with Crippen molar-refractivity contribution < 1.29 is 80.2 Å². The second-order valence-corrected chi connectivity index (χ2v) is 35.1. The van der Waals surface area contributed by atoms with Crippen LogP contribution in [0.4, 0.5) is 0 Å². The largest absolute Gasteiger partial charge is 0.472 e. The Labute approximate surface area is 651 Å². The van der Waals surface area contributed by atoms with Crippen LogP contribution in [0.1, 0.15) is 465 Å². The first-order valence-electron chi connectivity index (χ1n) is 45.0. The van der Waals surface area contributed by atoms with E-state index in [1.165, 1.54) is 283 Å². The van der Waals surface area contributed by atoms with E-state index in [1.807, 2.05) is 0 Å². The summed E-state index contributed by atoms with van der Waals surface area (Å²) in [4.78, 5) is 73.2. The lowest BCUT2D eigenvalue weighted by molar-refractivity contribution is -0.161. The van der Waals surface area contributed by atoms with E-state index in [1.54, 1.807) is 0 Å². The first-order chi connectivity index (χ1) is 51.4. The van der Waals surface area contributed by atoms with E-state index in [9.17, 15) is 43.2 Å². The number of hydrogen-bond donors (Lipinski definition) is 3. The van der Waals surface area contributed by atoms with E-state index in [-0.39, 0.29) is 25.7 Å². The third-order valence-electron chi connectivity index (χ3n) is 20.5. The number of carbonyl (C=O) groups is 4. The first-order valence-corrected chi connectivity index (χ1v) is 48.0. The number of esters is 4. The minimum Gasteiger partial charge on any atom is -0.462 e. The highest BCUT2D eigenvalue weighted by Crippen LogP contribution is 2.45. The molecule has 2 unspecified atom stereocenters. The maximum absolute atomic E-state index is 13.2. The van der Waals surface area contributed by atoms with E-state index in [0.29, 0.717) is 25.7 Å². The molecular weight excluding hydrogens is 1380 g/mol. The molecular formula is C87H170O17P2. The fraction of sp³-hybridized carbons (Fsp3) is 0.954. The fourth-order valence-electron chi connectivity index (χ4n) is 13.6. The SMILES string of the molecule is CCCCCCCCCCCCCCCCCCCCCCCC(=O)OC[C@H](COP(=O)(O)OC[C@@H](O)COP(=O)(O)OC[C@@H](COC(=O)CCCCCCCCCCCC(C)C)OC(=O)CCCCCCCCCCCC(C)C)OC(=O)CCCCCCCCCCCCCCCCCCCCCCC. The van der Waals surface area contributed by atoms with Gasteiger partial charge in [0.05, 0.1) is 26.4 Å². The molecule has 0 aromatic rings. The van der Waals surface area contributed by atoms with E-state index in [0.717, 1.165) is 102 Å². The molecule has 0 aliphatic rings. The van der Waals surface area contributed by atoms with Gasteiger partial charge in [-0.15, -0.1) is 0 Å². The average molecular weight is 1550 g/mol. The molecule has 0 fully saturated rings. The lowest BCUT2D eigenvalue weighted by Crippen LogP contribution is -2.30. The number of phosphoric ester groups is 2. The van der Waals surface area contributed by atoms with Crippen molar-refractivity contribution in [3.63, 3.8) is 0 Å². The molecule has 106 heavy (non-hydrogen) atoms. The number of rotatable bonds is 86. The van der Waals surface area contributed by atoms with Gasteiger partial charge in [0.2, 0.25) is 0 Å². The molecule has 0 radical (unpaired) electrons. The molecule has 19 heteroatoms. The Hall–Kier alpha value is -1.94. The quantitative estimate of drug-likeness (QED) is 0.0222. The molecule has 0 aliphatic heterocycles. The maximum Gasteiger partial charge on any atom is 0.472 e. The molecule has 0 aromatic carbocycles. The summed E-state index contributed by atoms with van der Waals surface area (Å²) in [5.41, 5.74) is 0. The lowest BCUT2D eigenvalue weighted by Gasteiger charge is -2.21. The van der Waals surface area contributed by atoms with Crippen LogP contribution >= 0.6 is 15.6 Å². The van der Waals surface area contributed by atoms with Crippen LogP contribution in [0.5, 0.6) is 0 Å². The minimum absolute atomic E-state index is 0.105. The minimum atomic E-state index is -4.97. The van der Waals surface area contributed by atoms with Crippen molar-refractivity contribution in [2.24, 2.45) is 11.8 Å². The van der Waals surface area contributed by atoms with Gasteiger partial charge in [0.15, 0.2) is 12.2 Å². The van der Waals surface area contributed by atoms with E-state index < -0.39 is 97.5 Å². The zero-order chi connectivity index (χ0) is 77.8. The standard InChI is InChI=1S/C87H170O17P2/c1-7-9-11-13-15-17-19-21-23-25-27-29-31-33-35-37-39-45-51-57-63-69-84(89)97-75-82(103-86(91)71-65-59-53-46-40-38-36-34-32-30-28-26-24-22-20-18-16-14-12-10-8-2)77-101-105(93,94)99-73-81(88)74-100-106(95,96)102-78-83(104-87(92)72-66-60-54-48-42-44-50-56-62-68-80(5)6)76-98-85(90)70-64-58-52-47-41-43-49-55-61-67-79(3)4/h79-83,88H,7-78H2,1-6H3,(H,93,94)(H,95,96)/t81-,82-,83-/m1/s1. The van der Waals surface area contributed by atoms with Gasteiger partial charge in [-0.05, 0) is 37.5 Å². The maximum atomic E-state index is 13.2. The van der Waals surface area contributed by atoms with E-state index >= 15 is 0 Å². The van der Waals surface area contributed by atoms with Crippen LogP contribution in [0, 0.1) is 11.8 Å². The van der Waals surface area contributed by atoms with Crippen LogP contribution < -0.4 is 0 Å². The molecule has 0 saturated heterocycles. The highest BCUT2D eigenvalue weighted by molar-refractivity contribution is 7.47. The number of aliphatic hydroxyl groups is 1. The van der Waals surface area contributed by atoms with Crippen molar-refractivity contribution in [2.45, 2.75) is 484 Å². The highest BCUT2D eigenvalue weighted by atomic mass is 31.2. The molecule has 0 aromatic heterocycles. The highest BCUT2D eigenvalue weighted by Gasteiger charge is 2.30. The molecule has 5 atom stereocenters. The predicted octanol–water partition coefficient (Wildman–Crippen LogP) is 26.6. The lowest BCUT2D eigenvalue weighted by atomic mass is 10.0. The number of ether oxygens (including phenoxy) is 4.